The minimum Gasteiger partial charge on any atom is -0.334 e. The Morgan fingerprint density at radius 1 is 1.19 bits per heavy atom. The van der Waals surface area contributed by atoms with Gasteiger partial charge in [0.1, 0.15) is 5.82 Å². The van der Waals surface area contributed by atoms with Crippen molar-refractivity contribution in [2.45, 2.75) is 39.8 Å². The molecule has 0 aliphatic heterocycles. The first-order chi connectivity index (χ1) is 12.3. The van der Waals surface area contributed by atoms with Crippen LogP contribution in [0.5, 0.6) is 0 Å². The van der Waals surface area contributed by atoms with Crippen LogP contribution in [0.25, 0.3) is 16.6 Å². The van der Waals surface area contributed by atoms with Crippen molar-refractivity contribution in [3.05, 3.63) is 58.7 Å². The van der Waals surface area contributed by atoms with Gasteiger partial charge >= 0.3 is 0 Å². The smallest absolute Gasteiger partial charge is 0.256 e. The lowest BCUT2D eigenvalue weighted by Crippen LogP contribution is -2.42. The zero-order valence-corrected chi connectivity index (χ0v) is 16.8. The Hall–Kier alpha value is -2.21. The van der Waals surface area contributed by atoms with E-state index in [1.165, 1.54) is 12.1 Å². The van der Waals surface area contributed by atoms with E-state index in [0.29, 0.717) is 11.3 Å². The zero-order chi connectivity index (χ0) is 19.0. The minimum absolute atomic E-state index is 0.00780. The van der Waals surface area contributed by atoms with Crippen LogP contribution >= 0.6 is 15.9 Å². The highest BCUT2D eigenvalue weighted by Gasteiger charge is 2.25. The molecule has 0 saturated heterocycles. The molecule has 6 heteroatoms. The molecule has 3 rings (SSSR count). The lowest BCUT2D eigenvalue weighted by atomic mass is 10.1. The Morgan fingerprint density at radius 3 is 2.54 bits per heavy atom. The summed E-state index contributed by atoms with van der Waals surface area (Å²) in [5.74, 6) is -0.621. The number of nitrogens with zero attached hydrogens (tertiary/aromatic N) is 3. The Kier molecular flexibility index (Phi) is 5.14. The SMILES string of the molecule is CC(C)N(C(=O)c1cc(F)ccc1-n1cc(Br)c2ccncc21)C(C)C. The average Bonchev–Trinajstić information content (AvgIpc) is 2.91. The molecule has 2 aromatic heterocycles. The molecule has 1 amide bonds. The molecule has 0 N–H and O–H groups in total. The quantitative estimate of drug-likeness (QED) is 0.585. The van der Waals surface area contributed by atoms with E-state index >= 15 is 0 Å². The van der Waals surface area contributed by atoms with Crippen LogP contribution in [-0.2, 0) is 0 Å². The topological polar surface area (TPSA) is 38.1 Å². The second kappa shape index (κ2) is 7.19. The van der Waals surface area contributed by atoms with Gasteiger partial charge in [-0.25, -0.2) is 4.39 Å². The second-order valence-corrected chi connectivity index (χ2v) is 7.66. The molecule has 0 unspecified atom stereocenters. The molecule has 0 saturated carbocycles. The third-order valence-electron chi connectivity index (χ3n) is 4.36. The number of benzene rings is 1. The fourth-order valence-corrected chi connectivity index (χ4v) is 3.87. The molecular weight excluding hydrogens is 397 g/mol. The van der Waals surface area contributed by atoms with Crippen LogP contribution in [0.2, 0.25) is 0 Å². The van der Waals surface area contributed by atoms with Crippen molar-refractivity contribution in [2.24, 2.45) is 0 Å². The van der Waals surface area contributed by atoms with Gasteiger partial charge in [0.25, 0.3) is 5.91 Å². The molecule has 0 spiro atoms. The van der Waals surface area contributed by atoms with Crippen LogP contribution in [0.3, 0.4) is 0 Å². The van der Waals surface area contributed by atoms with Crippen LogP contribution in [0, 0.1) is 5.82 Å². The van der Waals surface area contributed by atoms with Gasteiger partial charge < -0.3 is 9.47 Å². The van der Waals surface area contributed by atoms with Crippen molar-refractivity contribution in [2.75, 3.05) is 0 Å². The van der Waals surface area contributed by atoms with Crippen molar-refractivity contribution in [3.63, 3.8) is 0 Å². The lowest BCUT2D eigenvalue weighted by Gasteiger charge is -2.31. The van der Waals surface area contributed by atoms with Crippen LogP contribution < -0.4 is 0 Å². The van der Waals surface area contributed by atoms with E-state index in [4.69, 9.17) is 0 Å². The number of carbonyl (C=O) groups is 1. The molecule has 0 radical (unpaired) electrons. The number of aromatic nitrogens is 2. The summed E-state index contributed by atoms with van der Waals surface area (Å²) in [6.07, 6.45) is 5.33. The number of hydrogen-bond donors (Lipinski definition) is 0. The largest absolute Gasteiger partial charge is 0.334 e. The standard InChI is InChI=1S/C20H21BrFN3O/c1-12(2)25(13(3)4)20(26)16-9-14(22)5-6-18(16)24-11-17(21)15-7-8-23-10-19(15)24/h5-13H,1-4H3. The number of rotatable bonds is 4. The monoisotopic (exact) mass is 417 g/mol. The van der Waals surface area contributed by atoms with Gasteiger partial charge in [-0.2, -0.15) is 0 Å². The van der Waals surface area contributed by atoms with Gasteiger partial charge in [0.15, 0.2) is 0 Å². The maximum atomic E-state index is 14.0. The molecule has 1 aromatic carbocycles. The van der Waals surface area contributed by atoms with Gasteiger partial charge in [-0.15, -0.1) is 0 Å². The molecule has 0 fully saturated rings. The Labute approximate surface area is 160 Å². The summed E-state index contributed by atoms with van der Waals surface area (Å²) in [5.41, 5.74) is 1.81. The average molecular weight is 418 g/mol. The Morgan fingerprint density at radius 2 is 1.88 bits per heavy atom. The second-order valence-electron chi connectivity index (χ2n) is 6.80. The van der Waals surface area contributed by atoms with E-state index in [-0.39, 0.29) is 18.0 Å². The first kappa shape index (κ1) is 18.6. The molecule has 4 nitrogen and oxygen atoms in total. The van der Waals surface area contributed by atoms with Crippen LogP contribution in [0.1, 0.15) is 38.1 Å². The molecule has 3 aromatic rings. The fourth-order valence-electron chi connectivity index (χ4n) is 3.33. The summed E-state index contributed by atoms with van der Waals surface area (Å²) in [4.78, 5) is 19.2. The minimum atomic E-state index is -0.432. The predicted octanol–water partition coefficient (Wildman–Crippen LogP) is 5.19. The molecule has 26 heavy (non-hydrogen) atoms. The first-order valence-corrected chi connectivity index (χ1v) is 9.33. The summed E-state index contributed by atoms with van der Waals surface area (Å²) in [6, 6.07) is 6.24. The number of amides is 1. The highest BCUT2D eigenvalue weighted by atomic mass is 79.9. The summed E-state index contributed by atoms with van der Waals surface area (Å²) < 4.78 is 16.8. The highest BCUT2D eigenvalue weighted by Crippen LogP contribution is 2.30. The van der Waals surface area contributed by atoms with Gasteiger partial charge in [0, 0.05) is 34.3 Å². The van der Waals surface area contributed by atoms with E-state index in [1.807, 2.05) is 44.5 Å². The third-order valence-corrected chi connectivity index (χ3v) is 4.99. The number of carbonyl (C=O) groups excluding carboxylic acids is 1. The number of fused-ring (bicyclic) bond motifs is 1. The van der Waals surface area contributed by atoms with Gasteiger partial charge in [0.05, 0.1) is 23.0 Å². The fraction of sp³-hybridized carbons (Fsp3) is 0.300. The maximum absolute atomic E-state index is 14.0. The zero-order valence-electron chi connectivity index (χ0n) is 15.2. The molecule has 0 atom stereocenters. The normalized spacial score (nSPS) is 11.5. The van der Waals surface area contributed by atoms with E-state index in [1.54, 1.807) is 23.4 Å². The van der Waals surface area contributed by atoms with Gasteiger partial charge in [-0.1, -0.05) is 0 Å². The molecule has 0 bridgehead atoms. The van der Waals surface area contributed by atoms with Crippen molar-refractivity contribution < 1.29 is 9.18 Å². The Balaban J connectivity index is 2.22. The van der Waals surface area contributed by atoms with Gasteiger partial charge in [-0.3, -0.25) is 9.78 Å². The molecule has 136 valence electrons. The third kappa shape index (κ3) is 3.26. The summed E-state index contributed by atoms with van der Waals surface area (Å²) in [5, 5.41) is 0.979. The van der Waals surface area contributed by atoms with Crippen molar-refractivity contribution in [1.82, 2.24) is 14.5 Å². The van der Waals surface area contributed by atoms with Gasteiger partial charge in [-0.05, 0) is 67.9 Å². The van der Waals surface area contributed by atoms with E-state index in [9.17, 15) is 9.18 Å². The van der Waals surface area contributed by atoms with Crippen LogP contribution in [0.4, 0.5) is 4.39 Å². The molecule has 0 aliphatic carbocycles. The molecule has 0 aliphatic rings. The molecular formula is C20H21BrFN3O. The molecule has 2 heterocycles. The predicted molar refractivity (Wildman–Crippen MR) is 105 cm³/mol. The van der Waals surface area contributed by atoms with E-state index in [0.717, 1.165) is 15.4 Å². The summed E-state index contributed by atoms with van der Waals surface area (Å²) in [6.45, 7) is 7.84. The first-order valence-electron chi connectivity index (χ1n) is 8.54. The van der Waals surface area contributed by atoms with E-state index in [2.05, 4.69) is 20.9 Å². The number of halogens is 2. The summed E-state index contributed by atoms with van der Waals surface area (Å²) >= 11 is 3.55. The number of hydrogen-bond acceptors (Lipinski definition) is 2. The van der Waals surface area contributed by atoms with Crippen molar-refractivity contribution in [3.8, 4) is 5.69 Å². The lowest BCUT2D eigenvalue weighted by molar-refractivity contribution is 0.0643. The number of pyridine rings is 1. The van der Waals surface area contributed by atoms with Crippen molar-refractivity contribution >= 4 is 32.7 Å². The maximum Gasteiger partial charge on any atom is 0.256 e. The van der Waals surface area contributed by atoms with Crippen molar-refractivity contribution in [1.29, 1.82) is 0 Å². The van der Waals surface area contributed by atoms with Crippen LogP contribution in [-0.4, -0.2) is 32.4 Å². The van der Waals surface area contributed by atoms with Gasteiger partial charge in [0.2, 0.25) is 0 Å². The van der Waals surface area contributed by atoms with E-state index < -0.39 is 5.82 Å². The Bertz CT molecular complexity index is 957. The van der Waals surface area contributed by atoms with Crippen LogP contribution in [0.15, 0.2) is 47.3 Å². The highest BCUT2D eigenvalue weighted by molar-refractivity contribution is 9.10. The summed E-state index contributed by atoms with van der Waals surface area (Å²) in [7, 11) is 0.